The second-order valence-electron chi connectivity index (χ2n) is 8.11. The number of alkyl halides is 3. The number of hydrogen-bond donors (Lipinski definition) is 1. The zero-order chi connectivity index (χ0) is 26.0. The van der Waals surface area contributed by atoms with E-state index in [4.69, 9.17) is 16.3 Å². The quantitative estimate of drug-likeness (QED) is 0.266. The van der Waals surface area contributed by atoms with Crippen molar-refractivity contribution in [2.45, 2.75) is 26.6 Å². The number of aryl methyl sites for hydroxylation is 1. The summed E-state index contributed by atoms with van der Waals surface area (Å²) >= 11 is 6.03. The molecule has 36 heavy (non-hydrogen) atoms. The maximum absolute atomic E-state index is 14.0. The average Bonchev–Trinajstić information content (AvgIpc) is 3.12. The first-order chi connectivity index (χ1) is 17.1. The standard InChI is InChI=1S/C27H21ClF4N2O2/c1-16-13-20(17(2)34(16)25-12-4-3-9-22(25)27(30,31)32)26(35)33-18-7-5-8-19(14-18)36-15-21-23(28)10-6-11-24(21)29/h3-14H,15H2,1-2H3,(H,33,35). The van der Waals surface area contributed by atoms with E-state index in [9.17, 15) is 22.4 Å². The summed E-state index contributed by atoms with van der Waals surface area (Å²) in [6.07, 6.45) is -4.55. The van der Waals surface area contributed by atoms with E-state index in [0.717, 1.165) is 6.07 Å². The van der Waals surface area contributed by atoms with Crippen molar-refractivity contribution in [3.05, 3.63) is 112 Å². The minimum absolute atomic E-state index is 0.0544. The molecule has 1 aromatic heterocycles. The molecule has 0 unspecified atom stereocenters. The highest BCUT2D eigenvalue weighted by Gasteiger charge is 2.34. The van der Waals surface area contributed by atoms with Crippen LogP contribution < -0.4 is 10.1 Å². The molecule has 9 heteroatoms. The second kappa shape index (κ2) is 10.1. The van der Waals surface area contributed by atoms with Gasteiger partial charge in [0.1, 0.15) is 18.2 Å². The minimum atomic E-state index is -4.55. The van der Waals surface area contributed by atoms with Gasteiger partial charge in [0.25, 0.3) is 5.91 Å². The lowest BCUT2D eigenvalue weighted by atomic mass is 10.1. The summed E-state index contributed by atoms with van der Waals surface area (Å²) in [4.78, 5) is 13.0. The number of carbonyl (C=O) groups excluding carboxylic acids is 1. The van der Waals surface area contributed by atoms with Crippen LogP contribution in [0.1, 0.15) is 32.9 Å². The van der Waals surface area contributed by atoms with Gasteiger partial charge in [-0.05, 0) is 56.3 Å². The fourth-order valence-electron chi connectivity index (χ4n) is 3.96. The topological polar surface area (TPSA) is 43.3 Å². The number of aromatic nitrogens is 1. The van der Waals surface area contributed by atoms with E-state index in [1.807, 2.05) is 0 Å². The van der Waals surface area contributed by atoms with Crippen LogP contribution in [0.25, 0.3) is 5.69 Å². The van der Waals surface area contributed by atoms with E-state index in [2.05, 4.69) is 5.32 Å². The maximum Gasteiger partial charge on any atom is 0.418 e. The molecule has 4 rings (SSSR count). The van der Waals surface area contributed by atoms with E-state index >= 15 is 0 Å². The zero-order valence-electron chi connectivity index (χ0n) is 19.3. The summed E-state index contributed by atoms with van der Waals surface area (Å²) < 4.78 is 61.8. The molecule has 0 bridgehead atoms. The number of hydrogen-bond acceptors (Lipinski definition) is 2. The van der Waals surface area contributed by atoms with Crippen molar-refractivity contribution in [1.29, 1.82) is 0 Å². The Labute approximate surface area is 210 Å². The molecule has 0 radical (unpaired) electrons. The van der Waals surface area contributed by atoms with Crippen molar-refractivity contribution in [1.82, 2.24) is 4.57 Å². The van der Waals surface area contributed by atoms with Gasteiger partial charge in [-0.3, -0.25) is 4.79 Å². The number of para-hydroxylation sites is 1. The summed E-state index contributed by atoms with van der Waals surface area (Å²) in [7, 11) is 0. The highest BCUT2D eigenvalue weighted by atomic mass is 35.5. The molecule has 0 aliphatic rings. The smallest absolute Gasteiger partial charge is 0.418 e. The van der Waals surface area contributed by atoms with Gasteiger partial charge in [0.2, 0.25) is 0 Å². The molecule has 1 N–H and O–H groups in total. The van der Waals surface area contributed by atoms with Crippen LogP contribution >= 0.6 is 11.6 Å². The normalized spacial score (nSPS) is 11.4. The molecule has 1 heterocycles. The van der Waals surface area contributed by atoms with E-state index in [1.54, 1.807) is 50.2 Å². The molecule has 0 aliphatic carbocycles. The fourth-order valence-corrected chi connectivity index (χ4v) is 4.18. The summed E-state index contributed by atoms with van der Waals surface area (Å²) in [6, 6.07) is 17.6. The highest BCUT2D eigenvalue weighted by Crippen LogP contribution is 2.35. The number of rotatable bonds is 6. The molecule has 0 aliphatic heterocycles. The van der Waals surface area contributed by atoms with Gasteiger partial charge in [-0.15, -0.1) is 0 Å². The van der Waals surface area contributed by atoms with Crippen LogP contribution in [0.15, 0.2) is 72.8 Å². The lowest BCUT2D eigenvalue weighted by Gasteiger charge is -2.17. The Balaban J connectivity index is 1.55. The number of halogens is 5. The monoisotopic (exact) mass is 516 g/mol. The molecule has 4 aromatic rings. The third-order valence-electron chi connectivity index (χ3n) is 5.66. The second-order valence-corrected chi connectivity index (χ2v) is 8.51. The van der Waals surface area contributed by atoms with Crippen LogP contribution in [-0.2, 0) is 12.8 Å². The third-order valence-corrected chi connectivity index (χ3v) is 6.02. The van der Waals surface area contributed by atoms with Crippen molar-refractivity contribution in [2.24, 2.45) is 0 Å². The van der Waals surface area contributed by atoms with Gasteiger partial charge in [-0.25, -0.2) is 4.39 Å². The number of nitrogens with zero attached hydrogens (tertiary/aromatic N) is 1. The lowest BCUT2D eigenvalue weighted by Crippen LogP contribution is -2.15. The number of carbonyl (C=O) groups is 1. The number of nitrogens with one attached hydrogen (secondary N) is 1. The lowest BCUT2D eigenvalue weighted by molar-refractivity contribution is -0.137. The molecular weight excluding hydrogens is 496 g/mol. The third kappa shape index (κ3) is 5.23. The molecule has 0 spiro atoms. The molecule has 4 nitrogen and oxygen atoms in total. The first kappa shape index (κ1) is 25.3. The van der Waals surface area contributed by atoms with Crippen LogP contribution in [0.5, 0.6) is 5.75 Å². The Morgan fingerprint density at radius 1 is 1.00 bits per heavy atom. The van der Waals surface area contributed by atoms with Gasteiger partial charge in [0.15, 0.2) is 0 Å². The van der Waals surface area contributed by atoms with E-state index in [1.165, 1.54) is 34.9 Å². The van der Waals surface area contributed by atoms with Gasteiger partial charge < -0.3 is 14.6 Å². The average molecular weight is 517 g/mol. The van der Waals surface area contributed by atoms with Crippen molar-refractivity contribution in [3.63, 3.8) is 0 Å². The molecule has 1 amide bonds. The summed E-state index contributed by atoms with van der Waals surface area (Å²) in [5.41, 5.74) is 0.836. The summed E-state index contributed by atoms with van der Waals surface area (Å²) in [5.74, 6) is -0.612. The van der Waals surface area contributed by atoms with Gasteiger partial charge in [-0.1, -0.05) is 35.9 Å². The molecule has 0 atom stereocenters. The molecular formula is C27H21ClF4N2O2. The molecule has 0 saturated heterocycles. The predicted molar refractivity (Wildman–Crippen MR) is 130 cm³/mol. The largest absolute Gasteiger partial charge is 0.489 e. The highest BCUT2D eigenvalue weighted by molar-refractivity contribution is 6.31. The van der Waals surface area contributed by atoms with E-state index in [-0.39, 0.29) is 28.4 Å². The Morgan fingerprint density at radius 2 is 1.72 bits per heavy atom. The van der Waals surface area contributed by atoms with Crippen molar-refractivity contribution < 1.29 is 27.1 Å². The predicted octanol–water partition coefficient (Wildman–Crippen LogP) is 7.74. The van der Waals surface area contributed by atoms with Crippen molar-refractivity contribution in [3.8, 4) is 11.4 Å². The Bertz CT molecular complexity index is 1410. The summed E-state index contributed by atoms with van der Waals surface area (Å²) in [6.45, 7) is 3.12. The van der Waals surface area contributed by atoms with Crippen LogP contribution in [0, 0.1) is 19.7 Å². The van der Waals surface area contributed by atoms with Gasteiger partial charge >= 0.3 is 6.18 Å². The molecule has 3 aromatic carbocycles. The van der Waals surface area contributed by atoms with Crippen LogP contribution in [-0.4, -0.2) is 10.5 Å². The Hall–Kier alpha value is -3.78. The number of amides is 1. The van der Waals surface area contributed by atoms with Crippen LogP contribution in [0.3, 0.4) is 0 Å². The van der Waals surface area contributed by atoms with E-state index in [0.29, 0.717) is 22.8 Å². The Morgan fingerprint density at radius 3 is 2.44 bits per heavy atom. The number of ether oxygens (including phenoxy) is 1. The molecule has 186 valence electrons. The molecule has 0 saturated carbocycles. The minimum Gasteiger partial charge on any atom is -0.489 e. The van der Waals surface area contributed by atoms with Gasteiger partial charge in [0, 0.05) is 28.7 Å². The van der Waals surface area contributed by atoms with Gasteiger partial charge in [-0.2, -0.15) is 13.2 Å². The first-order valence-corrected chi connectivity index (χ1v) is 11.3. The Kier molecular flexibility index (Phi) is 7.08. The van der Waals surface area contributed by atoms with Crippen molar-refractivity contribution >= 4 is 23.2 Å². The van der Waals surface area contributed by atoms with Gasteiger partial charge in [0.05, 0.1) is 21.8 Å². The van der Waals surface area contributed by atoms with Crippen LogP contribution in [0.4, 0.5) is 23.2 Å². The van der Waals surface area contributed by atoms with Crippen LogP contribution in [0.2, 0.25) is 5.02 Å². The zero-order valence-corrected chi connectivity index (χ0v) is 20.0. The summed E-state index contributed by atoms with van der Waals surface area (Å²) in [5, 5.41) is 2.98. The number of anilines is 1. The fraction of sp³-hybridized carbons (Fsp3) is 0.148. The van der Waals surface area contributed by atoms with E-state index < -0.39 is 23.5 Å². The first-order valence-electron chi connectivity index (χ1n) is 10.9. The SMILES string of the molecule is Cc1cc(C(=O)Nc2cccc(OCc3c(F)cccc3Cl)c2)c(C)n1-c1ccccc1C(F)(F)F. The van der Waals surface area contributed by atoms with Crippen molar-refractivity contribution in [2.75, 3.05) is 5.32 Å². The number of benzene rings is 3. The maximum atomic E-state index is 14.0. The molecule has 0 fully saturated rings.